The number of hydrogen-bond acceptors (Lipinski definition) is 5. The number of ether oxygens (including phenoxy) is 1. The molecule has 2 aliphatic heterocycles. The van der Waals surface area contributed by atoms with Gasteiger partial charge in [-0.05, 0) is 30.4 Å². The molecule has 1 aromatic heterocycles. The molecular weight excluding hydrogens is 352 g/mol. The van der Waals surface area contributed by atoms with Gasteiger partial charge < -0.3 is 20.3 Å². The van der Waals surface area contributed by atoms with Crippen LogP contribution in [0.25, 0.3) is 0 Å². The summed E-state index contributed by atoms with van der Waals surface area (Å²) in [6.07, 6.45) is 4.70. The van der Waals surface area contributed by atoms with E-state index in [2.05, 4.69) is 56.4 Å². The number of nitrogens with zero attached hydrogens (tertiary/aromatic N) is 4. The Kier molecular flexibility index (Phi) is 7.91. The summed E-state index contributed by atoms with van der Waals surface area (Å²) in [6.45, 7) is 12.2. The molecule has 0 aliphatic carbocycles. The minimum atomic E-state index is 0.201. The van der Waals surface area contributed by atoms with Crippen LogP contribution in [0, 0.1) is 5.92 Å². The molecule has 0 amide bonds. The third-order valence-corrected chi connectivity index (χ3v) is 5.27. The minimum Gasteiger partial charge on any atom is -0.374 e. The highest BCUT2D eigenvalue weighted by Crippen LogP contribution is 2.17. The van der Waals surface area contributed by atoms with Crippen LogP contribution in [0.1, 0.15) is 32.3 Å². The standard InChI is InChI=1S/C21H36N6O/c1-17(2)15-26-10-11-28-19(16-26)14-25-21(22-3)24-13-18-6-7-20(23-12-18)27-8-4-5-9-27/h6-7,12,17,19H,4-5,8-11,13-16H2,1-3H3,(H2,22,24,25). The lowest BCUT2D eigenvalue weighted by Gasteiger charge is -2.34. The summed E-state index contributed by atoms with van der Waals surface area (Å²) in [5.74, 6) is 2.57. The van der Waals surface area contributed by atoms with E-state index in [0.717, 1.165) is 63.2 Å². The van der Waals surface area contributed by atoms with Crippen molar-refractivity contribution in [1.29, 1.82) is 0 Å². The van der Waals surface area contributed by atoms with Crippen LogP contribution in [0.15, 0.2) is 23.3 Å². The zero-order valence-electron chi connectivity index (χ0n) is 17.7. The Morgan fingerprint density at radius 2 is 2.07 bits per heavy atom. The van der Waals surface area contributed by atoms with Gasteiger partial charge >= 0.3 is 0 Å². The maximum atomic E-state index is 5.91. The first kappa shape index (κ1) is 20.9. The van der Waals surface area contributed by atoms with Crippen LogP contribution in [-0.2, 0) is 11.3 Å². The van der Waals surface area contributed by atoms with E-state index in [1.54, 1.807) is 7.05 Å². The summed E-state index contributed by atoms with van der Waals surface area (Å²) in [7, 11) is 1.80. The molecule has 156 valence electrons. The Labute approximate surface area is 169 Å². The summed E-state index contributed by atoms with van der Waals surface area (Å²) in [5.41, 5.74) is 1.16. The Bertz CT molecular complexity index is 612. The molecule has 1 aromatic rings. The topological polar surface area (TPSA) is 65.0 Å². The van der Waals surface area contributed by atoms with Gasteiger partial charge in [-0.25, -0.2) is 4.98 Å². The van der Waals surface area contributed by atoms with Crippen LogP contribution in [0.3, 0.4) is 0 Å². The van der Waals surface area contributed by atoms with Gasteiger partial charge in [-0.3, -0.25) is 9.89 Å². The van der Waals surface area contributed by atoms with Gasteiger partial charge in [0, 0.05) is 59.1 Å². The smallest absolute Gasteiger partial charge is 0.191 e. The van der Waals surface area contributed by atoms with Gasteiger partial charge in [0.15, 0.2) is 5.96 Å². The molecular formula is C21H36N6O. The molecule has 2 aliphatic rings. The van der Waals surface area contributed by atoms with E-state index in [0.29, 0.717) is 12.5 Å². The Morgan fingerprint density at radius 3 is 2.75 bits per heavy atom. The number of pyridine rings is 1. The first-order valence-corrected chi connectivity index (χ1v) is 10.6. The van der Waals surface area contributed by atoms with Gasteiger partial charge in [0.2, 0.25) is 0 Å². The summed E-state index contributed by atoms with van der Waals surface area (Å²) >= 11 is 0. The summed E-state index contributed by atoms with van der Waals surface area (Å²) in [5, 5.41) is 6.77. The number of guanidine groups is 1. The van der Waals surface area contributed by atoms with E-state index in [9.17, 15) is 0 Å². The lowest BCUT2D eigenvalue weighted by Crippen LogP contribution is -2.50. The van der Waals surface area contributed by atoms with Crippen LogP contribution in [0.4, 0.5) is 5.82 Å². The second-order valence-electron chi connectivity index (χ2n) is 8.17. The fraction of sp³-hybridized carbons (Fsp3) is 0.714. The quantitative estimate of drug-likeness (QED) is 0.548. The van der Waals surface area contributed by atoms with Crippen molar-refractivity contribution in [3.63, 3.8) is 0 Å². The van der Waals surface area contributed by atoms with Crippen molar-refractivity contribution in [3.05, 3.63) is 23.9 Å². The Balaban J connectivity index is 1.40. The average molecular weight is 389 g/mol. The Morgan fingerprint density at radius 1 is 1.25 bits per heavy atom. The second-order valence-corrected chi connectivity index (χ2v) is 8.17. The van der Waals surface area contributed by atoms with Crippen molar-refractivity contribution >= 4 is 11.8 Å². The van der Waals surface area contributed by atoms with Crippen LogP contribution in [0.2, 0.25) is 0 Å². The van der Waals surface area contributed by atoms with Crippen LogP contribution in [-0.4, -0.2) is 74.9 Å². The number of hydrogen-bond donors (Lipinski definition) is 2. The number of aromatic nitrogens is 1. The molecule has 0 radical (unpaired) electrons. The largest absolute Gasteiger partial charge is 0.374 e. The fourth-order valence-electron chi connectivity index (χ4n) is 3.86. The van der Waals surface area contributed by atoms with Crippen molar-refractivity contribution in [2.24, 2.45) is 10.9 Å². The SMILES string of the molecule is CN=C(NCc1ccc(N2CCCC2)nc1)NCC1CN(CC(C)C)CCO1. The lowest BCUT2D eigenvalue weighted by molar-refractivity contribution is -0.0284. The summed E-state index contributed by atoms with van der Waals surface area (Å²) in [4.78, 5) is 13.8. The van der Waals surface area contributed by atoms with E-state index in [1.165, 1.54) is 12.8 Å². The van der Waals surface area contributed by atoms with E-state index in [4.69, 9.17) is 4.74 Å². The predicted molar refractivity (Wildman–Crippen MR) is 115 cm³/mol. The molecule has 0 aromatic carbocycles. The second kappa shape index (κ2) is 10.6. The van der Waals surface area contributed by atoms with Gasteiger partial charge in [0.1, 0.15) is 5.82 Å². The zero-order chi connectivity index (χ0) is 19.8. The third kappa shape index (κ3) is 6.34. The number of aliphatic imine (C=N–C) groups is 1. The van der Waals surface area contributed by atoms with Crippen molar-refractivity contribution in [1.82, 2.24) is 20.5 Å². The van der Waals surface area contributed by atoms with Gasteiger partial charge in [-0.2, -0.15) is 0 Å². The van der Waals surface area contributed by atoms with Crippen LogP contribution in [0.5, 0.6) is 0 Å². The highest BCUT2D eigenvalue weighted by molar-refractivity contribution is 5.79. The molecule has 0 spiro atoms. The third-order valence-electron chi connectivity index (χ3n) is 5.27. The van der Waals surface area contributed by atoms with Gasteiger partial charge in [0.25, 0.3) is 0 Å². The molecule has 1 unspecified atom stereocenters. The average Bonchev–Trinajstić information content (AvgIpc) is 3.23. The summed E-state index contributed by atoms with van der Waals surface area (Å²) < 4.78 is 5.91. The maximum Gasteiger partial charge on any atom is 0.191 e. The Hall–Kier alpha value is -1.86. The van der Waals surface area contributed by atoms with Crippen molar-refractivity contribution < 1.29 is 4.74 Å². The van der Waals surface area contributed by atoms with E-state index >= 15 is 0 Å². The van der Waals surface area contributed by atoms with Crippen molar-refractivity contribution in [2.45, 2.75) is 39.3 Å². The molecule has 3 rings (SSSR count). The molecule has 0 bridgehead atoms. The zero-order valence-corrected chi connectivity index (χ0v) is 17.7. The maximum absolute atomic E-state index is 5.91. The molecule has 3 heterocycles. The first-order valence-electron chi connectivity index (χ1n) is 10.6. The van der Waals surface area contributed by atoms with E-state index < -0.39 is 0 Å². The van der Waals surface area contributed by atoms with Crippen molar-refractivity contribution in [2.75, 3.05) is 57.8 Å². The van der Waals surface area contributed by atoms with Crippen LogP contribution < -0.4 is 15.5 Å². The highest BCUT2D eigenvalue weighted by Gasteiger charge is 2.21. The number of morpholine rings is 1. The molecule has 0 saturated carbocycles. The summed E-state index contributed by atoms with van der Waals surface area (Å²) in [6, 6.07) is 4.27. The minimum absolute atomic E-state index is 0.201. The lowest BCUT2D eigenvalue weighted by atomic mass is 10.2. The molecule has 7 nitrogen and oxygen atoms in total. The van der Waals surface area contributed by atoms with Crippen LogP contribution >= 0.6 is 0 Å². The number of rotatable bonds is 7. The van der Waals surface area contributed by atoms with E-state index in [-0.39, 0.29) is 6.10 Å². The molecule has 1 atom stereocenters. The monoisotopic (exact) mass is 388 g/mol. The van der Waals surface area contributed by atoms with Gasteiger partial charge in [0.05, 0.1) is 12.7 Å². The number of anilines is 1. The molecule has 7 heteroatoms. The van der Waals surface area contributed by atoms with Crippen molar-refractivity contribution in [3.8, 4) is 0 Å². The van der Waals surface area contributed by atoms with Gasteiger partial charge in [-0.1, -0.05) is 19.9 Å². The number of nitrogens with one attached hydrogen (secondary N) is 2. The van der Waals surface area contributed by atoms with E-state index in [1.807, 2.05) is 6.20 Å². The fourth-order valence-corrected chi connectivity index (χ4v) is 3.86. The molecule has 2 fully saturated rings. The first-order chi connectivity index (χ1) is 13.6. The normalized spacial score (nSPS) is 21.4. The molecule has 28 heavy (non-hydrogen) atoms. The predicted octanol–water partition coefficient (Wildman–Crippen LogP) is 1.70. The molecule has 2 N–H and O–H groups in total. The highest BCUT2D eigenvalue weighted by atomic mass is 16.5. The van der Waals surface area contributed by atoms with Gasteiger partial charge in [-0.15, -0.1) is 0 Å². The molecule has 2 saturated heterocycles.